The van der Waals surface area contributed by atoms with Crippen molar-refractivity contribution in [2.75, 3.05) is 13.3 Å². The maximum absolute atomic E-state index is 2.51. The fourth-order valence-corrected chi connectivity index (χ4v) is 11.9. The largest absolute Gasteiger partial charge is 1.00 e. The van der Waals surface area contributed by atoms with Gasteiger partial charge in [-0.25, -0.2) is 0 Å². The zero-order chi connectivity index (χ0) is 16.9. The van der Waals surface area contributed by atoms with E-state index in [-0.39, 0.29) is 38.2 Å². The van der Waals surface area contributed by atoms with Crippen LogP contribution in [0.5, 0.6) is 0 Å². The Morgan fingerprint density at radius 1 is 0.960 bits per heavy atom. The molecule has 0 spiro atoms. The average molecular weight is 473 g/mol. The summed E-state index contributed by atoms with van der Waals surface area (Å²) in [6.45, 7) is 16.8. The van der Waals surface area contributed by atoms with Gasteiger partial charge in [-0.15, -0.1) is 0 Å². The average Bonchev–Trinajstić information content (AvgIpc) is 2.94. The van der Waals surface area contributed by atoms with Gasteiger partial charge in [0.2, 0.25) is 0 Å². The smallest absolute Gasteiger partial charge is 1.00 e. The van der Waals surface area contributed by atoms with Gasteiger partial charge < -0.3 is 24.8 Å². The molecule has 0 heterocycles. The predicted molar refractivity (Wildman–Crippen MR) is 101 cm³/mol. The Balaban J connectivity index is 0.00000156. The van der Waals surface area contributed by atoms with Crippen molar-refractivity contribution in [1.29, 1.82) is 0 Å². The van der Waals surface area contributed by atoms with Gasteiger partial charge >= 0.3 is 155 Å². The second kappa shape index (κ2) is 8.56. The summed E-state index contributed by atoms with van der Waals surface area (Å²) in [6, 6.07) is 9.11. The minimum Gasteiger partial charge on any atom is -1.00 e. The number of benzene rings is 1. The van der Waals surface area contributed by atoms with Crippen LogP contribution in [0.25, 0.3) is 6.08 Å². The Morgan fingerprint density at radius 3 is 2.08 bits per heavy atom. The van der Waals surface area contributed by atoms with Crippen molar-refractivity contribution in [3.63, 3.8) is 0 Å². The van der Waals surface area contributed by atoms with Gasteiger partial charge in [0.25, 0.3) is 0 Å². The fraction of sp³-hybridized carbons (Fsp3) is 0.429. The van der Waals surface area contributed by atoms with E-state index in [0.717, 1.165) is 3.63 Å². The van der Waals surface area contributed by atoms with E-state index in [1.165, 1.54) is 5.56 Å². The second-order valence-electron chi connectivity index (χ2n) is 7.54. The first-order valence-electron chi connectivity index (χ1n) is 8.39. The molecular weight excluding hydrogens is 445 g/mol. The predicted octanol–water partition coefficient (Wildman–Crippen LogP) is 0.564. The van der Waals surface area contributed by atoms with E-state index in [1.807, 2.05) is 3.28 Å². The maximum atomic E-state index is 2.51. The molecule has 25 heavy (non-hydrogen) atoms. The maximum Gasteiger partial charge on any atom is -1.00 e. The van der Waals surface area contributed by atoms with Crippen molar-refractivity contribution in [2.45, 2.75) is 38.2 Å². The number of hydrogen-bond donors (Lipinski definition) is 0. The van der Waals surface area contributed by atoms with E-state index in [2.05, 4.69) is 78.3 Å². The van der Waals surface area contributed by atoms with Crippen LogP contribution in [0.4, 0.5) is 0 Å². The summed E-state index contributed by atoms with van der Waals surface area (Å²) in [5, 5.41) is 1.74. The zero-order valence-electron chi connectivity index (χ0n) is 16.2. The molecule has 3 rings (SSSR count). The Labute approximate surface area is 178 Å². The molecule has 4 heteroatoms. The molecule has 0 fully saturated rings. The van der Waals surface area contributed by atoms with Gasteiger partial charge in [0, 0.05) is 0 Å². The standard InChI is InChI=1S/C11H12P.C10H15.2ClH.Zr/c1-12(2)11-7-9-5-3-4-6-10(9)8-11;1-7-6-10(4,5)9(3)8(7)2;;;/h3-8H,1-2H3;1-5H3;2*1H;/q;;;;+2/p-2. The first kappa shape index (κ1) is 23.4. The van der Waals surface area contributed by atoms with Crippen LogP contribution in [0.1, 0.15) is 49.4 Å². The molecule has 0 saturated heterocycles. The zero-order valence-corrected chi connectivity index (χ0v) is 21.0. The van der Waals surface area contributed by atoms with E-state index in [1.54, 1.807) is 27.6 Å². The SMILES string of the molecule is CC1=C(C)C(C)(C)[C]([Zr+2][CH]2C(P(C)C)=Cc3ccccc32)=C1C.[Cl-].[Cl-]. The Morgan fingerprint density at radius 2 is 1.56 bits per heavy atom. The van der Waals surface area contributed by atoms with E-state index >= 15 is 0 Å². The molecule has 0 saturated carbocycles. The van der Waals surface area contributed by atoms with Crippen LogP contribution < -0.4 is 24.8 Å². The molecule has 1 atom stereocenters. The van der Waals surface area contributed by atoms with Gasteiger partial charge in [-0.1, -0.05) is 0 Å². The molecular formula is C21H27Cl2PZr. The van der Waals surface area contributed by atoms with Crippen LogP contribution in [0.3, 0.4) is 0 Å². The number of hydrogen-bond acceptors (Lipinski definition) is 0. The third kappa shape index (κ3) is 3.96. The van der Waals surface area contributed by atoms with Gasteiger partial charge in [-0.05, 0) is 0 Å². The molecule has 2 aliphatic carbocycles. The van der Waals surface area contributed by atoms with E-state index in [4.69, 9.17) is 0 Å². The topological polar surface area (TPSA) is 0 Å². The Bertz CT molecular complexity index is 757. The molecule has 0 radical (unpaired) electrons. The van der Waals surface area contributed by atoms with Crippen molar-refractivity contribution in [1.82, 2.24) is 0 Å². The monoisotopic (exact) mass is 470 g/mol. The third-order valence-corrected chi connectivity index (χ3v) is 13.2. The Kier molecular flexibility index (Phi) is 8.01. The fourth-order valence-electron chi connectivity index (χ4n) is 3.87. The van der Waals surface area contributed by atoms with Crippen molar-refractivity contribution in [2.24, 2.45) is 5.41 Å². The van der Waals surface area contributed by atoms with Crippen LogP contribution in [-0.4, -0.2) is 13.3 Å². The van der Waals surface area contributed by atoms with Gasteiger partial charge in [0.05, 0.1) is 0 Å². The van der Waals surface area contributed by atoms with Crippen molar-refractivity contribution in [3.05, 3.63) is 60.7 Å². The molecule has 2 aliphatic rings. The minimum atomic E-state index is -0.709. The van der Waals surface area contributed by atoms with Crippen LogP contribution >= 0.6 is 7.92 Å². The molecule has 0 N–H and O–H groups in total. The van der Waals surface area contributed by atoms with Crippen molar-refractivity contribution in [3.8, 4) is 0 Å². The number of fused-ring (bicyclic) bond motifs is 1. The van der Waals surface area contributed by atoms with E-state index in [0.29, 0.717) is 0 Å². The van der Waals surface area contributed by atoms with Crippen LogP contribution in [0.2, 0.25) is 0 Å². The van der Waals surface area contributed by atoms with Gasteiger partial charge in [0.15, 0.2) is 0 Å². The summed E-state index contributed by atoms with van der Waals surface area (Å²) in [5.74, 6) is 0. The van der Waals surface area contributed by atoms with Crippen LogP contribution in [0, 0.1) is 5.41 Å². The Hall–Kier alpha value is 0.333. The summed E-state index contributed by atoms with van der Waals surface area (Å²) < 4.78 is 2.57. The third-order valence-electron chi connectivity index (χ3n) is 5.77. The number of halogens is 2. The molecule has 1 unspecified atom stereocenters. The first-order chi connectivity index (χ1) is 10.7. The number of allylic oxidation sites excluding steroid dienone is 5. The van der Waals surface area contributed by atoms with E-state index < -0.39 is 23.2 Å². The van der Waals surface area contributed by atoms with Gasteiger partial charge in [-0.2, -0.15) is 0 Å². The summed E-state index contributed by atoms with van der Waals surface area (Å²) >= 11 is -0.709. The summed E-state index contributed by atoms with van der Waals surface area (Å²) in [5.41, 5.74) is 8.15. The first-order valence-corrected chi connectivity index (χ1v) is 13.3. The van der Waals surface area contributed by atoms with Crippen molar-refractivity contribution >= 4 is 14.0 Å². The molecule has 0 aliphatic heterocycles. The molecule has 1 aromatic rings. The summed E-state index contributed by atoms with van der Waals surface area (Å²) in [6.07, 6.45) is 2.51. The minimum absolute atomic E-state index is 0. The molecule has 0 nitrogen and oxygen atoms in total. The van der Waals surface area contributed by atoms with Crippen molar-refractivity contribution < 1.29 is 48.0 Å². The molecule has 0 amide bonds. The molecule has 0 aromatic heterocycles. The quantitative estimate of drug-likeness (QED) is 0.565. The summed E-state index contributed by atoms with van der Waals surface area (Å²) in [7, 11) is -0.00730. The van der Waals surface area contributed by atoms with Gasteiger partial charge in [0.1, 0.15) is 0 Å². The summed E-state index contributed by atoms with van der Waals surface area (Å²) in [4.78, 5) is 0. The van der Waals surface area contributed by atoms with E-state index in [9.17, 15) is 0 Å². The second-order valence-corrected chi connectivity index (χ2v) is 13.2. The van der Waals surface area contributed by atoms with Crippen LogP contribution in [-0.2, 0) is 23.2 Å². The molecule has 134 valence electrons. The normalized spacial score (nSPS) is 20.8. The van der Waals surface area contributed by atoms with Crippen LogP contribution in [0.15, 0.2) is 49.6 Å². The molecule has 1 aromatic carbocycles. The number of rotatable bonds is 3. The molecule has 0 bridgehead atoms. The van der Waals surface area contributed by atoms with Gasteiger partial charge in [-0.3, -0.25) is 0 Å².